The number of carboxylic acids is 2. The van der Waals surface area contributed by atoms with Crippen molar-refractivity contribution in [2.75, 3.05) is 0 Å². The second kappa shape index (κ2) is 20.9. The minimum Gasteiger partial charge on any atom is -0.478 e. The molecule has 0 aliphatic heterocycles. The first kappa shape index (κ1) is 28.7. The third-order valence-corrected chi connectivity index (χ3v) is 7.89. The second-order valence-electron chi connectivity index (χ2n) is 6.62. The Morgan fingerprint density at radius 3 is 1.35 bits per heavy atom. The van der Waals surface area contributed by atoms with Crippen LogP contribution in [0.2, 0.25) is 8.87 Å². The first-order valence-electron chi connectivity index (χ1n) is 10.6. The summed E-state index contributed by atoms with van der Waals surface area (Å²) in [6.07, 6.45) is 11.2. The number of benzene rings is 2. The largest absolute Gasteiger partial charge is 0.478 e. The molecule has 0 bridgehead atoms. The van der Waals surface area contributed by atoms with E-state index in [0.717, 1.165) is 23.3 Å². The van der Waals surface area contributed by atoms with Gasteiger partial charge in [0, 0.05) is 12.2 Å². The molecule has 0 aliphatic carbocycles. The Bertz CT molecular complexity index is 690. The van der Waals surface area contributed by atoms with E-state index in [2.05, 4.69) is 13.8 Å². The van der Waals surface area contributed by atoms with E-state index in [-0.39, 0.29) is 21.1 Å². The summed E-state index contributed by atoms with van der Waals surface area (Å²) in [6.45, 7) is 4.58. The Kier molecular flexibility index (Phi) is 19.3. The van der Waals surface area contributed by atoms with E-state index >= 15 is 0 Å². The molecule has 0 amide bonds. The molecule has 166 valence electrons. The Morgan fingerprint density at radius 1 is 0.710 bits per heavy atom. The van der Waals surface area contributed by atoms with Crippen LogP contribution in [-0.4, -0.2) is 43.3 Å². The van der Waals surface area contributed by atoms with Crippen LogP contribution < -0.4 is 0 Å². The van der Waals surface area contributed by atoms with E-state index in [1.54, 1.807) is 21.0 Å². The minimum atomic E-state index is -0.922. The zero-order valence-electron chi connectivity index (χ0n) is 18.5. The Balaban J connectivity index is 0.000000439. The molecule has 0 aliphatic rings. The molecule has 0 atom stereocenters. The van der Waals surface area contributed by atoms with Gasteiger partial charge in [0.25, 0.3) is 0 Å². The summed E-state index contributed by atoms with van der Waals surface area (Å²) in [6, 6.07) is 18.6. The number of carbonyl (C=O) groups is 2. The van der Waals surface area contributed by atoms with Gasteiger partial charge in [-0.1, -0.05) is 60.7 Å². The standard InChI is InChI=1S/2C9H8O2.2C4H9.Sn/c2*10-9(11)7-6-8-4-2-1-3-5-8;2*1-3-4-2;/h2*1-7H,(H,10,11);2*1,3-4H2,2H3;/b2*7-6+;;;. The van der Waals surface area contributed by atoms with Crippen LogP contribution in [0.4, 0.5) is 0 Å². The van der Waals surface area contributed by atoms with Crippen LogP contribution in [0.15, 0.2) is 72.8 Å². The van der Waals surface area contributed by atoms with Gasteiger partial charge in [-0.05, 0) is 23.3 Å². The molecule has 0 spiro atoms. The van der Waals surface area contributed by atoms with Crippen LogP contribution >= 0.6 is 0 Å². The van der Waals surface area contributed by atoms with Crippen molar-refractivity contribution in [3.05, 3.63) is 83.9 Å². The molecular weight excluding hydrogens is 495 g/mol. The van der Waals surface area contributed by atoms with Crippen LogP contribution in [0.1, 0.15) is 50.7 Å². The number of rotatable bonds is 10. The van der Waals surface area contributed by atoms with Gasteiger partial charge in [-0.15, -0.1) is 0 Å². The Hall–Kier alpha value is -2.34. The fourth-order valence-corrected chi connectivity index (χ4v) is 6.35. The molecule has 2 aromatic rings. The van der Waals surface area contributed by atoms with E-state index in [1.807, 2.05) is 60.7 Å². The second-order valence-corrected chi connectivity index (χ2v) is 10.9. The number of aliphatic carboxylic acids is 2. The number of unbranched alkanes of at least 4 members (excludes halogenated alkanes) is 2. The molecule has 2 aromatic carbocycles. The number of hydrogen-bond acceptors (Lipinski definition) is 2. The Morgan fingerprint density at radius 2 is 1.06 bits per heavy atom. The summed E-state index contributed by atoms with van der Waals surface area (Å²) in [5, 5.41) is 16.6. The van der Waals surface area contributed by atoms with Crippen LogP contribution in [0, 0.1) is 0 Å². The fraction of sp³-hybridized carbons (Fsp3) is 0.308. The zero-order valence-corrected chi connectivity index (χ0v) is 21.4. The first-order chi connectivity index (χ1) is 15.0. The van der Waals surface area contributed by atoms with Crippen molar-refractivity contribution in [3.63, 3.8) is 0 Å². The maximum atomic E-state index is 10.1. The van der Waals surface area contributed by atoms with Gasteiger partial charge in [0.1, 0.15) is 0 Å². The number of carboxylic acid groups (broad SMARTS) is 2. The summed E-state index contributed by atoms with van der Waals surface area (Å²) in [5.74, 6) is -1.84. The van der Waals surface area contributed by atoms with Gasteiger partial charge in [-0.2, -0.15) is 0 Å². The molecule has 4 nitrogen and oxygen atoms in total. The van der Waals surface area contributed by atoms with Gasteiger partial charge < -0.3 is 10.2 Å². The molecule has 0 aromatic heterocycles. The van der Waals surface area contributed by atoms with E-state index in [1.165, 1.54) is 25.7 Å². The molecule has 2 N–H and O–H groups in total. The first-order valence-corrected chi connectivity index (χ1v) is 14.7. The molecule has 0 unspecified atom stereocenters. The molecule has 0 saturated heterocycles. The van der Waals surface area contributed by atoms with Gasteiger partial charge >= 0.3 is 81.5 Å². The minimum absolute atomic E-state index is 0.149. The molecule has 0 heterocycles. The van der Waals surface area contributed by atoms with Crippen molar-refractivity contribution in [1.29, 1.82) is 0 Å². The van der Waals surface area contributed by atoms with Gasteiger partial charge in [0.2, 0.25) is 0 Å². The van der Waals surface area contributed by atoms with Gasteiger partial charge in [-0.25, -0.2) is 9.59 Å². The van der Waals surface area contributed by atoms with Crippen molar-refractivity contribution in [2.24, 2.45) is 0 Å². The molecule has 0 saturated carbocycles. The van der Waals surface area contributed by atoms with Crippen molar-refractivity contribution in [3.8, 4) is 0 Å². The molecule has 5 heteroatoms. The average Bonchev–Trinajstić information content (AvgIpc) is 2.78. The van der Waals surface area contributed by atoms with Crippen LogP contribution in [0.25, 0.3) is 12.2 Å². The summed E-state index contributed by atoms with van der Waals surface area (Å²) < 4.78 is 3.25. The quantitative estimate of drug-likeness (QED) is 0.204. The van der Waals surface area contributed by atoms with E-state index in [9.17, 15) is 9.59 Å². The predicted molar refractivity (Wildman–Crippen MR) is 131 cm³/mol. The third kappa shape index (κ3) is 20.7. The molecule has 0 fully saturated rings. The van der Waals surface area contributed by atoms with Gasteiger partial charge in [-0.3, -0.25) is 0 Å². The molecule has 31 heavy (non-hydrogen) atoms. The van der Waals surface area contributed by atoms with Gasteiger partial charge in [0.05, 0.1) is 0 Å². The monoisotopic (exact) mass is 530 g/mol. The maximum Gasteiger partial charge on any atom is 0.328 e. The molecule has 2 rings (SSSR count). The van der Waals surface area contributed by atoms with Crippen molar-refractivity contribution < 1.29 is 19.8 Å². The zero-order chi connectivity index (χ0) is 23.2. The fourth-order valence-electron chi connectivity index (χ4n) is 2.19. The van der Waals surface area contributed by atoms with Crippen molar-refractivity contribution in [2.45, 2.75) is 48.4 Å². The average molecular weight is 529 g/mol. The SMILES string of the molecule is CCC[CH2][Sn][CH2]CCC.O=C(O)/C=C/c1ccccc1.O=C(O)/C=C/c1ccccc1. The van der Waals surface area contributed by atoms with Crippen LogP contribution in [0.3, 0.4) is 0 Å². The normalized spacial score (nSPS) is 10.1. The smallest absolute Gasteiger partial charge is 0.328 e. The summed E-state index contributed by atoms with van der Waals surface area (Å²) >= 11 is 0.149. The van der Waals surface area contributed by atoms with Gasteiger partial charge in [0.15, 0.2) is 0 Å². The summed E-state index contributed by atoms with van der Waals surface area (Å²) in [4.78, 5) is 20.2. The van der Waals surface area contributed by atoms with E-state index in [4.69, 9.17) is 10.2 Å². The van der Waals surface area contributed by atoms with Crippen molar-refractivity contribution >= 4 is 45.2 Å². The molecule has 2 radical (unpaired) electrons. The topological polar surface area (TPSA) is 74.6 Å². The van der Waals surface area contributed by atoms with E-state index < -0.39 is 11.9 Å². The number of hydrogen-bond donors (Lipinski definition) is 2. The maximum absolute atomic E-state index is 10.1. The molecular formula is C26H34O4Sn. The summed E-state index contributed by atoms with van der Waals surface area (Å²) in [7, 11) is 0. The third-order valence-electron chi connectivity index (χ3n) is 3.85. The van der Waals surface area contributed by atoms with E-state index in [0.29, 0.717) is 0 Å². The van der Waals surface area contributed by atoms with Crippen LogP contribution in [0.5, 0.6) is 0 Å². The van der Waals surface area contributed by atoms with Crippen molar-refractivity contribution in [1.82, 2.24) is 0 Å². The predicted octanol–water partition coefficient (Wildman–Crippen LogP) is 6.70. The summed E-state index contributed by atoms with van der Waals surface area (Å²) in [5.41, 5.74) is 1.80. The van der Waals surface area contributed by atoms with Crippen LogP contribution in [-0.2, 0) is 9.59 Å². The Labute approximate surface area is 196 Å².